The van der Waals surface area contributed by atoms with Gasteiger partial charge in [-0.25, -0.2) is 0 Å². The molecule has 0 radical (unpaired) electrons. The highest BCUT2D eigenvalue weighted by Crippen LogP contribution is 2.28. The molecule has 0 fully saturated rings. The van der Waals surface area contributed by atoms with Crippen LogP contribution in [0.1, 0.15) is 35.5 Å². The minimum atomic E-state index is -0.0220. The minimum Gasteiger partial charge on any atom is -0.358 e. The van der Waals surface area contributed by atoms with E-state index in [1.54, 1.807) is 0 Å². The molecule has 0 aliphatic rings. The smallest absolute Gasteiger partial charge is 0.253 e. The molecule has 0 atom stereocenters. The molecule has 0 bridgehead atoms. The van der Waals surface area contributed by atoms with E-state index in [0.717, 1.165) is 32.2 Å². The summed E-state index contributed by atoms with van der Waals surface area (Å²) < 4.78 is 0.991. The predicted molar refractivity (Wildman–Crippen MR) is 78.1 cm³/mol. The summed E-state index contributed by atoms with van der Waals surface area (Å²) in [5, 5.41) is 3.91. The molecule has 1 heterocycles. The lowest BCUT2D eigenvalue weighted by molar-refractivity contribution is 0.0944. The number of aromatic nitrogens is 1. The zero-order valence-electron chi connectivity index (χ0n) is 11.0. The normalized spacial score (nSPS) is 11.2. The number of carbonyl (C=O) groups excluding carboxylic acids is 1. The Morgan fingerprint density at radius 2 is 2.00 bits per heavy atom. The number of fused-ring (bicyclic) bond motifs is 1. The molecule has 1 aromatic carbocycles. The van der Waals surface area contributed by atoms with Gasteiger partial charge in [-0.1, -0.05) is 15.9 Å². The maximum absolute atomic E-state index is 12.2. The minimum absolute atomic E-state index is 0.0220. The van der Waals surface area contributed by atoms with Crippen LogP contribution >= 0.6 is 15.9 Å². The van der Waals surface area contributed by atoms with Crippen molar-refractivity contribution in [3.63, 3.8) is 0 Å². The molecule has 18 heavy (non-hydrogen) atoms. The number of aromatic amines is 1. The van der Waals surface area contributed by atoms with Crippen LogP contribution in [0.25, 0.3) is 10.9 Å². The van der Waals surface area contributed by atoms with Gasteiger partial charge in [-0.2, -0.15) is 0 Å². The number of nitrogens with one attached hydrogen (secondary N) is 2. The summed E-state index contributed by atoms with van der Waals surface area (Å²) in [6.07, 6.45) is 0. The van der Waals surface area contributed by atoms with Gasteiger partial charge in [0.05, 0.1) is 5.56 Å². The quantitative estimate of drug-likeness (QED) is 0.873. The fourth-order valence-corrected chi connectivity index (χ4v) is 2.76. The highest BCUT2D eigenvalue weighted by molar-refractivity contribution is 9.10. The van der Waals surface area contributed by atoms with E-state index < -0.39 is 0 Å². The lowest BCUT2D eigenvalue weighted by atomic mass is 10.1. The topological polar surface area (TPSA) is 44.9 Å². The molecule has 0 spiro atoms. The monoisotopic (exact) mass is 308 g/mol. The maximum atomic E-state index is 12.2. The second kappa shape index (κ2) is 4.76. The van der Waals surface area contributed by atoms with Crippen molar-refractivity contribution in [1.29, 1.82) is 0 Å². The van der Waals surface area contributed by atoms with Gasteiger partial charge in [0.25, 0.3) is 5.91 Å². The van der Waals surface area contributed by atoms with Gasteiger partial charge in [-0.05, 0) is 45.4 Å². The molecule has 1 aromatic heterocycles. The van der Waals surface area contributed by atoms with Gasteiger partial charge in [0, 0.05) is 27.1 Å². The van der Waals surface area contributed by atoms with Gasteiger partial charge in [0.1, 0.15) is 0 Å². The number of hydrogen-bond acceptors (Lipinski definition) is 1. The largest absolute Gasteiger partial charge is 0.358 e. The Labute approximate surface area is 115 Å². The third kappa shape index (κ3) is 2.29. The van der Waals surface area contributed by atoms with Crippen LogP contribution in [-0.4, -0.2) is 16.9 Å². The van der Waals surface area contributed by atoms with Crippen LogP contribution in [0.5, 0.6) is 0 Å². The molecule has 2 N–H and O–H groups in total. The van der Waals surface area contributed by atoms with Crippen LogP contribution in [0.15, 0.2) is 16.6 Å². The Kier molecular flexibility index (Phi) is 3.48. The molecule has 0 aliphatic heterocycles. The molecule has 0 unspecified atom stereocenters. The molecular weight excluding hydrogens is 292 g/mol. The van der Waals surface area contributed by atoms with Crippen LogP contribution < -0.4 is 5.32 Å². The number of hydrogen-bond donors (Lipinski definition) is 2. The third-order valence-corrected chi connectivity index (χ3v) is 3.36. The summed E-state index contributed by atoms with van der Waals surface area (Å²) in [5.74, 6) is -0.0220. The molecule has 4 heteroatoms. The number of benzene rings is 1. The van der Waals surface area contributed by atoms with Crippen LogP contribution in [0, 0.1) is 13.8 Å². The second-order valence-corrected chi connectivity index (χ2v) is 5.81. The van der Waals surface area contributed by atoms with E-state index in [1.165, 1.54) is 0 Å². The molecule has 0 saturated carbocycles. The molecule has 3 nitrogen and oxygen atoms in total. The maximum Gasteiger partial charge on any atom is 0.253 e. The van der Waals surface area contributed by atoms with Crippen molar-refractivity contribution in [3.8, 4) is 0 Å². The van der Waals surface area contributed by atoms with Crippen LogP contribution in [0.4, 0.5) is 0 Å². The van der Waals surface area contributed by atoms with E-state index in [9.17, 15) is 4.79 Å². The SMILES string of the molecule is Cc1[nH]c2c(C)cc(Br)cc2c1C(=O)NC(C)C. The number of H-pyrrole nitrogens is 1. The number of halogens is 1. The molecule has 2 rings (SSSR count). The zero-order valence-corrected chi connectivity index (χ0v) is 12.6. The fourth-order valence-electron chi connectivity index (χ4n) is 2.19. The number of aryl methyl sites for hydroxylation is 2. The Bertz CT molecular complexity index is 614. The molecule has 96 valence electrons. The van der Waals surface area contributed by atoms with E-state index in [2.05, 4.69) is 26.2 Å². The standard InChI is InChI=1S/C14H17BrN2O/c1-7(2)16-14(18)12-9(4)17-13-8(3)5-10(15)6-11(12)13/h5-7,17H,1-4H3,(H,16,18). The van der Waals surface area contributed by atoms with Crippen LogP contribution in [-0.2, 0) is 0 Å². The fraction of sp³-hybridized carbons (Fsp3) is 0.357. The lowest BCUT2D eigenvalue weighted by Gasteiger charge is -2.08. The summed E-state index contributed by atoms with van der Waals surface area (Å²) in [6.45, 7) is 7.89. The number of amides is 1. The molecule has 2 aromatic rings. The Morgan fingerprint density at radius 1 is 1.33 bits per heavy atom. The first-order chi connectivity index (χ1) is 8.40. The summed E-state index contributed by atoms with van der Waals surface area (Å²) in [5.41, 5.74) is 3.81. The van der Waals surface area contributed by atoms with E-state index in [1.807, 2.05) is 39.8 Å². The molecule has 1 amide bonds. The first-order valence-electron chi connectivity index (χ1n) is 5.99. The Balaban J connectivity index is 2.63. The van der Waals surface area contributed by atoms with Crippen LogP contribution in [0.3, 0.4) is 0 Å². The van der Waals surface area contributed by atoms with Crippen molar-refractivity contribution in [2.45, 2.75) is 33.7 Å². The summed E-state index contributed by atoms with van der Waals surface area (Å²) in [6, 6.07) is 4.17. The van der Waals surface area contributed by atoms with E-state index in [-0.39, 0.29) is 11.9 Å². The van der Waals surface area contributed by atoms with Gasteiger partial charge in [-0.3, -0.25) is 4.79 Å². The highest BCUT2D eigenvalue weighted by Gasteiger charge is 2.17. The lowest BCUT2D eigenvalue weighted by Crippen LogP contribution is -2.30. The average molecular weight is 309 g/mol. The summed E-state index contributed by atoms with van der Waals surface area (Å²) in [4.78, 5) is 15.5. The van der Waals surface area contributed by atoms with Crippen molar-refractivity contribution in [1.82, 2.24) is 10.3 Å². The van der Waals surface area contributed by atoms with Crippen molar-refractivity contribution >= 4 is 32.7 Å². The van der Waals surface area contributed by atoms with Gasteiger partial charge in [0.15, 0.2) is 0 Å². The van der Waals surface area contributed by atoms with Crippen molar-refractivity contribution in [3.05, 3.63) is 33.4 Å². The Hall–Kier alpha value is -1.29. The van der Waals surface area contributed by atoms with Crippen molar-refractivity contribution < 1.29 is 4.79 Å². The second-order valence-electron chi connectivity index (χ2n) is 4.90. The average Bonchev–Trinajstić information content (AvgIpc) is 2.53. The molecular formula is C14H17BrN2O. The van der Waals surface area contributed by atoms with E-state index >= 15 is 0 Å². The molecule has 0 saturated heterocycles. The predicted octanol–water partition coefficient (Wildman–Crippen LogP) is 3.69. The van der Waals surface area contributed by atoms with Gasteiger partial charge in [0.2, 0.25) is 0 Å². The van der Waals surface area contributed by atoms with Crippen molar-refractivity contribution in [2.24, 2.45) is 0 Å². The van der Waals surface area contributed by atoms with Crippen molar-refractivity contribution in [2.75, 3.05) is 0 Å². The number of rotatable bonds is 2. The first-order valence-corrected chi connectivity index (χ1v) is 6.78. The summed E-state index contributed by atoms with van der Waals surface area (Å²) in [7, 11) is 0. The number of carbonyl (C=O) groups is 1. The highest BCUT2D eigenvalue weighted by atomic mass is 79.9. The Morgan fingerprint density at radius 3 is 2.61 bits per heavy atom. The third-order valence-electron chi connectivity index (χ3n) is 2.90. The van der Waals surface area contributed by atoms with Gasteiger partial charge < -0.3 is 10.3 Å². The van der Waals surface area contributed by atoms with Gasteiger partial charge in [-0.15, -0.1) is 0 Å². The van der Waals surface area contributed by atoms with E-state index in [0.29, 0.717) is 0 Å². The van der Waals surface area contributed by atoms with Crippen LogP contribution in [0.2, 0.25) is 0 Å². The van der Waals surface area contributed by atoms with E-state index in [4.69, 9.17) is 0 Å². The van der Waals surface area contributed by atoms with Gasteiger partial charge >= 0.3 is 0 Å². The summed E-state index contributed by atoms with van der Waals surface area (Å²) >= 11 is 3.48. The zero-order chi connectivity index (χ0) is 13.4. The molecule has 0 aliphatic carbocycles. The first kappa shape index (κ1) is 13.1.